The van der Waals surface area contributed by atoms with E-state index in [1.165, 1.54) is 0 Å². The predicted molar refractivity (Wildman–Crippen MR) is 30.5 cm³/mol. The number of halogens is 3. The molecule has 0 amide bonds. The molecule has 6 heteroatoms. The van der Waals surface area contributed by atoms with Gasteiger partial charge < -0.3 is 11.0 Å². The fourth-order valence-electron chi connectivity index (χ4n) is 0. The molecule has 2 nitrogen and oxygen atoms in total. The molecule has 0 aromatic rings. The van der Waals surface area contributed by atoms with E-state index in [9.17, 15) is 0 Å². The van der Waals surface area contributed by atoms with Crippen LogP contribution in [0.15, 0.2) is 0 Å². The van der Waals surface area contributed by atoms with Gasteiger partial charge in [-0.2, -0.15) is 0 Å². The van der Waals surface area contributed by atoms with Crippen LogP contribution in [0.1, 0.15) is 0 Å². The quantitative estimate of drug-likeness (QED) is 0.553. The van der Waals surface area contributed by atoms with Gasteiger partial charge >= 0.3 is 43.7 Å². The maximum atomic E-state index is 5.01. The van der Waals surface area contributed by atoms with E-state index in [-0.39, 0.29) is 11.0 Å². The Bertz CT molecular complexity index is 13.5. The van der Waals surface area contributed by atoms with Crippen LogP contribution in [0.3, 0.4) is 0 Å². The fourth-order valence-corrected chi connectivity index (χ4v) is 0. The molecule has 0 heterocycles. The molecule has 0 atom stereocenters. The maximum absolute atomic E-state index is 5.01. The normalized spacial score (nSPS) is 6.00. The van der Waals surface area contributed by atoms with Crippen molar-refractivity contribution in [1.82, 2.24) is 0 Å². The van der Waals surface area contributed by atoms with Crippen LogP contribution < -0.4 is 0 Å². The van der Waals surface area contributed by atoms with Crippen molar-refractivity contribution in [1.29, 1.82) is 0 Å². The molecule has 0 aliphatic heterocycles. The van der Waals surface area contributed by atoms with Crippen LogP contribution in [0.4, 0.5) is 0 Å². The second-order valence-corrected chi connectivity index (χ2v) is 15.1. The molecule has 0 aliphatic carbocycles. The Morgan fingerprint density at radius 3 is 0.833 bits per heavy atom. The van der Waals surface area contributed by atoms with Gasteiger partial charge in [0.05, 0.1) is 0 Å². The van der Waals surface area contributed by atoms with E-state index in [1.54, 1.807) is 0 Å². The van der Waals surface area contributed by atoms with Crippen LogP contribution in [-0.2, 0) is 0 Å². The van der Waals surface area contributed by atoms with Gasteiger partial charge in [-0.3, -0.25) is 0 Å². The Labute approximate surface area is 54.3 Å². The molecule has 4 N–H and O–H groups in total. The van der Waals surface area contributed by atoms with Crippen molar-refractivity contribution < 1.29 is 11.0 Å². The molecule has 0 saturated carbocycles. The summed E-state index contributed by atoms with van der Waals surface area (Å²) in [7, 11) is 15.0. The number of hydrogen-bond acceptors (Lipinski definition) is 0. The van der Waals surface area contributed by atoms with Crippen molar-refractivity contribution in [2.45, 2.75) is 0 Å². The third kappa shape index (κ3) is 44.3. The topological polar surface area (TPSA) is 63.0 Å². The Morgan fingerprint density at radius 2 is 0.833 bits per heavy atom. The van der Waals surface area contributed by atoms with Gasteiger partial charge in [0.25, 0.3) is 0 Å². The van der Waals surface area contributed by atoms with Crippen molar-refractivity contribution in [3.63, 3.8) is 0 Å². The minimum absolute atomic E-state index is 0. The number of rotatable bonds is 0. The first kappa shape index (κ1) is 15.6. The van der Waals surface area contributed by atoms with Gasteiger partial charge in [0.1, 0.15) is 0 Å². The van der Waals surface area contributed by atoms with Gasteiger partial charge in [-0.05, 0) is 0 Å². The number of hydrogen-bond donors (Lipinski definition) is 0. The van der Waals surface area contributed by atoms with Crippen molar-refractivity contribution in [3.8, 4) is 0 Å². The standard InChI is InChI=1S/Bi.3ClH.2H2O/h;3*1H;2*1H2/q+3;;;;;/p-3. The molecule has 42 valence electrons. The van der Waals surface area contributed by atoms with E-state index in [2.05, 4.69) is 0 Å². The monoisotopic (exact) mass is 350 g/mol. The van der Waals surface area contributed by atoms with Crippen molar-refractivity contribution >= 4 is 43.7 Å². The van der Waals surface area contributed by atoms with Gasteiger partial charge in [-0.15, -0.1) is 0 Å². The zero-order valence-electron chi connectivity index (χ0n) is 2.58. The molecule has 0 aromatic heterocycles. The van der Waals surface area contributed by atoms with Gasteiger partial charge in [0, 0.05) is 0 Å². The average molecular weight is 351 g/mol. The zero-order valence-corrected chi connectivity index (χ0v) is 8.33. The molecule has 0 spiro atoms. The molecule has 0 radical (unpaired) electrons. The minimum atomic E-state index is -2.18. The Hall–Kier alpha value is 1.67. The van der Waals surface area contributed by atoms with Crippen LogP contribution in [0.5, 0.6) is 0 Å². The second-order valence-electron chi connectivity index (χ2n) is 0.192. The Kier molecular flexibility index (Phi) is 25.6. The van der Waals surface area contributed by atoms with E-state index < -0.39 is 18.2 Å². The van der Waals surface area contributed by atoms with Gasteiger partial charge in [-0.25, -0.2) is 0 Å². The molecule has 0 unspecified atom stereocenters. The van der Waals surface area contributed by atoms with Gasteiger partial charge in [-0.1, -0.05) is 0 Å². The fraction of sp³-hybridized carbons (Fsp3) is 0. The van der Waals surface area contributed by atoms with Gasteiger partial charge in [0.15, 0.2) is 0 Å². The summed E-state index contributed by atoms with van der Waals surface area (Å²) in [5, 5.41) is 0. The summed E-state index contributed by atoms with van der Waals surface area (Å²) in [5.74, 6) is 0. The third-order valence-corrected chi connectivity index (χ3v) is 0. The third-order valence-electron chi connectivity index (χ3n) is 0. The summed E-state index contributed by atoms with van der Waals surface area (Å²) in [6.45, 7) is 0. The van der Waals surface area contributed by atoms with Gasteiger partial charge in [0.2, 0.25) is 0 Å². The van der Waals surface area contributed by atoms with Crippen LogP contribution in [0.2, 0.25) is 0 Å². The van der Waals surface area contributed by atoms with Crippen molar-refractivity contribution in [2.24, 2.45) is 0 Å². The van der Waals surface area contributed by atoms with Crippen LogP contribution >= 0.6 is 25.5 Å². The molecule has 0 bridgehead atoms. The molecule has 0 fully saturated rings. The first-order valence-corrected chi connectivity index (χ1v) is 13.3. The molecular weight excluding hydrogens is 347 g/mol. The van der Waals surface area contributed by atoms with E-state index in [0.29, 0.717) is 0 Å². The molecule has 0 rings (SSSR count). The van der Waals surface area contributed by atoms with E-state index in [1.807, 2.05) is 0 Å². The molecule has 0 aliphatic rings. The van der Waals surface area contributed by atoms with Crippen LogP contribution in [-0.4, -0.2) is 29.1 Å². The summed E-state index contributed by atoms with van der Waals surface area (Å²) < 4.78 is 0. The molecule has 0 saturated heterocycles. The zero-order chi connectivity index (χ0) is 3.58. The van der Waals surface area contributed by atoms with Crippen LogP contribution in [0.25, 0.3) is 0 Å². The average Bonchev–Trinajstić information content (AvgIpc) is 0.811. The van der Waals surface area contributed by atoms with Crippen LogP contribution in [0, 0.1) is 0 Å². The SMILES string of the molecule is O.O.[Cl][Bi]([Cl])[Cl]. The first-order valence-electron chi connectivity index (χ1n) is 0.507. The summed E-state index contributed by atoms with van der Waals surface area (Å²) in [6.07, 6.45) is 0. The van der Waals surface area contributed by atoms with E-state index >= 15 is 0 Å². The second kappa shape index (κ2) is 9.83. The van der Waals surface area contributed by atoms with E-state index in [0.717, 1.165) is 0 Å². The summed E-state index contributed by atoms with van der Waals surface area (Å²) in [4.78, 5) is 0. The Balaban J connectivity index is -0.0000000450. The first-order chi connectivity index (χ1) is 1.73. The molecular formula is H4BiCl3O2. The predicted octanol–water partition coefficient (Wildman–Crippen LogP) is 0.0383. The van der Waals surface area contributed by atoms with Crippen molar-refractivity contribution in [3.05, 3.63) is 0 Å². The van der Waals surface area contributed by atoms with E-state index in [4.69, 9.17) is 25.5 Å². The molecule has 6 heavy (non-hydrogen) atoms. The van der Waals surface area contributed by atoms with Crippen molar-refractivity contribution in [2.75, 3.05) is 0 Å². The summed E-state index contributed by atoms with van der Waals surface area (Å²) in [6, 6.07) is 0. The Morgan fingerprint density at radius 1 is 0.833 bits per heavy atom. The summed E-state index contributed by atoms with van der Waals surface area (Å²) >= 11 is -2.18. The molecule has 0 aromatic carbocycles. The summed E-state index contributed by atoms with van der Waals surface area (Å²) in [5.41, 5.74) is 0.